The third kappa shape index (κ3) is 4.25. The molecule has 3 rings (SSSR count). The molecule has 0 saturated heterocycles. The van der Waals surface area contributed by atoms with Gasteiger partial charge in [0.2, 0.25) is 0 Å². The van der Waals surface area contributed by atoms with Gasteiger partial charge in [0.05, 0.1) is 6.21 Å². The molecule has 3 aromatic carbocycles. The highest BCUT2D eigenvalue weighted by molar-refractivity contribution is 6.30. The van der Waals surface area contributed by atoms with E-state index in [2.05, 4.69) is 10.5 Å². The number of rotatable bonds is 4. The Labute approximate surface area is 150 Å². The van der Waals surface area contributed by atoms with Crippen LogP contribution in [0.1, 0.15) is 15.9 Å². The molecular weight excluding hydrogens is 336 g/mol. The summed E-state index contributed by atoms with van der Waals surface area (Å²) in [4.78, 5) is 12.1. The second-order valence-corrected chi connectivity index (χ2v) is 5.78. The minimum absolute atomic E-state index is 0.0367. The van der Waals surface area contributed by atoms with Crippen LogP contribution in [0.3, 0.4) is 0 Å². The molecular formula is C20H15ClN2O2. The molecule has 1 amide bonds. The molecule has 124 valence electrons. The van der Waals surface area contributed by atoms with Gasteiger partial charge in [0.25, 0.3) is 5.91 Å². The lowest BCUT2D eigenvalue weighted by Gasteiger charge is -2.04. The van der Waals surface area contributed by atoms with Gasteiger partial charge in [0.1, 0.15) is 5.75 Å². The molecule has 0 aliphatic heterocycles. The zero-order valence-corrected chi connectivity index (χ0v) is 13.9. The molecule has 0 spiro atoms. The van der Waals surface area contributed by atoms with Crippen LogP contribution in [-0.2, 0) is 0 Å². The summed E-state index contributed by atoms with van der Waals surface area (Å²) in [7, 11) is 0. The second kappa shape index (κ2) is 7.64. The van der Waals surface area contributed by atoms with Crippen molar-refractivity contribution >= 4 is 23.7 Å². The van der Waals surface area contributed by atoms with E-state index >= 15 is 0 Å². The lowest BCUT2D eigenvalue weighted by atomic mass is 10.0. The van der Waals surface area contributed by atoms with Crippen LogP contribution in [0, 0.1) is 0 Å². The average molecular weight is 351 g/mol. The first kappa shape index (κ1) is 16.7. The van der Waals surface area contributed by atoms with Gasteiger partial charge in [-0.1, -0.05) is 54.1 Å². The molecule has 0 fully saturated rings. The molecule has 0 bridgehead atoms. The van der Waals surface area contributed by atoms with Crippen LogP contribution in [0.4, 0.5) is 0 Å². The Morgan fingerprint density at radius 2 is 1.64 bits per heavy atom. The van der Waals surface area contributed by atoms with Gasteiger partial charge in [-0.2, -0.15) is 5.10 Å². The van der Waals surface area contributed by atoms with Gasteiger partial charge in [-0.05, 0) is 41.5 Å². The van der Waals surface area contributed by atoms with Crippen molar-refractivity contribution in [3.63, 3.8) is 0 Å². The predicted molar refractivity (Wildman–Crippen MR) is 100 cm³/mol. The Morgan fingerprint density at radius 1 is 0.960 bits per heavy atom. The molecule has 2 N–H and O–H groups in total. The Hall–Kier alpha value is -3.11. The highest BCUT2D eigenvalue weighted by Crippen LogP contribution is 2.20. The number of nitrogens with zero attached hydrogens (tertiary/aromatic N) is 1. The first-order chi connectivity index (χ1) is 12.1. The molecule has 25 heavy (non-hydrogen) atoms. The van der Waals surface area contributed by atoms with Crippen molar-refractivity contribution in [2.45, 2.75) is 0 Å². The van der Waals surface area contributed by atoms with E-state index in [0.717, 1.165) is 11.1 Å². The number of carbonyl (C=O) groups excluding carboxylic acids is 1. The molecule has 0 radical (unpaired) electrons. The Morgan fingerprint density at radius 3 is 2.36 bits per heavy atom. The maximum absolute atomic E-state index is 12.1. The first-order valence-electron chi connectivity index (χ1n) is 7.61. The molecule has 0 heterocycles. The fourth-order valence-corrected chi connectivity index (χ4v) is 2.48. The highest BCUT2D eigenvalue weighted by atomic mass is 35.5. The third-order valence-corrected chi connectivity index (χ3v) is 3.85. The number of carbonyl (C=O) groups is 1. The van der Waals surface area contributed by atoms with E-state index in [1.165, 1.54) is 12.3 Å². The third-order valence-electron chi connectivity index (χ3n) is 3.61. The van der Waals surface area contributed by atoms with Gasteiger partial charge >= 0.3 is 0 Å². The Bertz CT molecular complexity index is 907. The van der Waals surface area contributed by atoms with E-state index < -0.39 is 0 Å². The molecule has 5 heteroatoms. The van der Waals surface area contributed by atoms with Crippen LogP contribution in [0.2, 0.25) is 5.02 Å². The summed E-state index contributed by atoms with van der Waals surface area (Å²) < 4.78 is 0. The van der Waals surface area contributed by atoms with E-state index in [9.17, 15) is 9.90 Å². The molecule has 0 aromatic heterocycles. The minimum Gasteiger partial charge on any atom is -0.507 e. The number of benzene rings is 3. The monoisotopic (exact) mass is 350 g/mol. The maximum Gasteiger partial charge on any atom is 0.271 e. The van der Waals surface area contributed by atoms with Gasteiger partial charge in [-0.3, -0.25) is 4.79 Å². The van der Waals surface area contributed by atoms with Crippen LogP contribution < -0.4 is 5.43 Å². The summed E-state index contributed by atoms with van der Waals surface area (Å²) in [6, 6.07) is 21.8. The molecule has 0 atom stereocenters. The normalized spacial score (nSPS) is 10.8. The van der Waals surface area contributed by atoms with E-state index in [1.54, 1.807) is 24.3 Å². The summed E-state index contributed by atoms with van der Waals surface area (Å²) in [5.41, 5.74) is 5.46. The number of hydrogen-bond acceptors (Lipinski definition) is 3. The fourth-order valence-electron chi connectivity index (χ4n) is 2.30. The number of nitrogens with one attached hydrogen (secondary N) is 1. The quantitative estimate of drug-likeness (QED) is 0.538. The van der Waals surface area contributed by atoms with Crippen molar-refractivity contribution in [2.75, 3.05) is 0 Å². The predicted octanol–water partition coefficient (Wildman–Crippen LogP) is 4.48. The van der Waals surface area contributed by atoms with E-state index in [-0.39, 0.29) is 11.7 Å². The Balaban J connectivity index is 1.67. The molecule has 4 nitrogen and oxygen atoms in total. The molecule has 0 aliphatic rings. The molecule has 3 aromatic rings. The van der Waals surface area contributed by atoms with Crippen LogP contribution in [0.25, 0.3) is 11.1 Å². The zero-order valence-electron chi connectivity index (χ0n) is 13.2. The van der Waals surface area contributed by atoms with E-state index in [0.29, 0.717) is 16.1 Å². The number of hydrogen-bond donors (Lipinski definition) is 2. The SMILES string of the molecule is O=C(N/N=C\c1cc(Cl)ccc1O)c1ccc(-c2ccccc2)cc1. The van der Waals surface area contributed by atoms with Crippen LogP contribution in [0.5, 0.6) is 5.75 Å². The number of amides is 1. The zero-order chi connectivity index (χ0) is 17.6. The maximum atomic E-state index is 12.1. The number of hydrazone groups is 1. The second-order valence-electron chi connectivity index (χ2n) is 5.35. The minimum atomic E-state index is -0.336. The van der Waals surface area contributed by atoms with Crippen molar-refractivity contribution in [1.29, 1.82) is 0 Å². The molecule has 0 unspecified atom stereocenters. The van der Waals surface area contributed by atoms with Crippen molar-refractivity contribution in [3.8, 4) is 16.9 Å². The topological polar surface area (TPSA) is 61.7 Å². The van der Waals surface area contributed by atoms with Crippen LogP contribution in [0.15, 0.2) is 77.9 Å². The van der Waals surface area contributed by atoms with Gasteiger partial charge in [-0.15, -0.1) is 0 Å². The summed E-state index contributed by atoms with van der Waals surface area (Å²) in [6.07, 6.45) is 1.34. The smallest absolute Gasteiger partial charge is 0.271 e. The number of phenols is 1. The summed E-state index contributed by atoms with van der Waals surface area (Å²) in [6.45, 7) is 0. The lowest BCUT2D eigenvalue weighted by molar-refractivity contribution is 0.0955. The van der Waals surface area contributed by atoms with Gasteiger partial charge in [0, 0.05) is 16.1 Å². The number of phenolic OH excluding ortho intramolecular Hbond substituents is 1. The van der Waals surface area contributed by atoms with Gasteiger partial charge < -0.3 is 5.11 Å². The lowest BCUT2D eigenvalue weighted by Crippen LogP contribution is -2.17. The molecule has 0 saturated carbocycles. The van der Waals surface area contributed by atoms with Gasteiger partial charge in [-0.25, -0.2) is 5.43 Å². The van der Waals surface area contributed by atoms with Crippen molar-refractivity contribution in [3.05, 3.63) is 88.9 Å². The number of aromatic hydroxyl groups is 1. The standard InChI is InChI=1S/C20H15ClN2O2/c21-18-10-11-19(24)17(12-18)13-22-23-20(25)16-8-6-15(7-9-16)14-4-2-1-3-5-14/h1-13,24H,(H,23,25)/b22-13-. The van der Waals surface area contributed by atoms with Crippen LogP contribution >= 0.6 is 11.6 Å². The number of halogens is 1. The van der Waals surface area contributed by atoms with E-state index in [1.807, 2.05) is 42.5 Å². The van der Waals surface area contributed by atoms with Crippen molar-refractivity contribution < 1.29 is 9.90 Å². The van der Waals surface area contributed by atoms with Gasteiger partial charge in [0.15, 0.2) is 0 Å². The summed E-state index contributed by atoms with van der Waals surface area (Å²) in [5.74, 6) is -0.299. The fraction of sp³-hybridized carbons (Fsp3) is 0. The Kier molecular flexibility index (Phi) is 5.11. The van der Waals surface area contributed by atoms with E-state index in [4.69, 9.17) is 11.6 Å². The highest BCUT2D eigenvalue weighted by Gasteiger charge is 2.05. The van der Waals surface area contributed by atoms with Crippen molar-refractivity contribution in [1.82, 2.24) is 5.43 Å². The van der Waals surface area contributed by atoms with Crippen molar-refractivity contribution in [2.24, 2.45) is 5.10 Å². The van der Waals surface area contributed by atoms with Crippen LogP contribution in [-0.4, -0.2) is 17.2 Å². The largest absolute Gasteiger partial charge is 0.507 e. The summed E-state index contributed by atoms with van der Waals surface area (Å²) >= 11 is 5.86. The first-order valence-corrected chi connectivity index (χ1v) is 7.99. The average Bonchev–Trinajstić information content (AvgIpc) is 2.65. The summed E-state index contributed by atoms with van der Waals surface area (Å²) in [5, 5.41) is 14.0. The molecule has 0 aliphatic carbocycles.